The van der Waals surface area contributed by atoms with Crippen LogP contribution in [0, 0.1) is 0 Å². The first-order valence-corrected chi connectivity index (χ1v) is 5.22. The van der Waals surface area contributed by atoms with Gasteiger partial charge in [-0.05, 0) is 33.6 Å². The van der Waals surface area contributed by atoms with Gasteiger partial charge in [-0.1, -0.05) is 6.08 Å². The number of rotatable bonds is 1. The average molecular weight is 227 g/mol. The number of aliphatic carboxylic acids is 1. The molecule has 1 atom stereocenters. The number of nitrogens with zero attached hydrogens (tertiary/aromatic N) is 1. The van der Waals surface area contributed by atoms with Crippen molar-refractivity contribution in [3.63, 3.8) is 0 Å². The van der Waals surface area contributed by atoms with Gasteiger partial charge in [-0.2, -0.15) is 0 Å². The highest BCUT2D eigenvalue weighted by Gasteiger charge is 2.32. The van der Waals surface area contributed by atoms with Gasteiger partial charge in [0.1, 0.15) is 11.6 Å². The lowest BCUT2D eigenvalue weighted by Crippen LogP contribution is -2.45. The van der Waals surface area contributed by atoms with E-state index in [1.54, 1.807) is 26.8 Å². The molecule has 1 amide bonds. The summed E-state index contributed by atoms with van der Waals surface area (Å²) < 4.78 is 5.13. The maximum absolute atomic E-state index is 11.7. The Kier molecular flexibility index (Phi) is 3.57. The Balaban J connectivity index is 2.76. The lowest BCUT2D eigenvalue weighted by Gasteiger charge is -2.30. The third kappa shape index (κ3) is 3.25. The Morgan fingerprint density at radius 3 is 2.56 bits per heavy atom. The maximum atomic E-state index is 11.7. The molecule has 5 heteroatoms. The highest BCUT2D eigenvalue weighted by Crippen LogP contribution is 2.19. The van der Waals surface area contributed by atoms with Crippen molar-refractivity contribution in [2.45, 2.75) is 45.3 Å². The summed E-state index contributed by atoms with van der Waals surface area (Å²) in [6, 6.07) is -0.820. The molecule has 5 nitrogen and oxygen atoms in total. The second-order valence-electron chi connectivity index (χ2n) is 4.70. The highest BCUT2D eigenvalue weighted by atomic mass is 16.6. The molecule has 16 heavy (non-hydrogen) atoms. The van der Waals surface area contributed by atoms with Crippen molar-refractivity contribution >= 4 is 12.1 Å². The normalized spacial score (nSPS) is 20.7. The van der Waals surface area contributed by atoms with Crippen LogP contribution >= 0.6 is 0 Å². The van der Waals surface area contributed by atoms with Crippen LogP contribution in [-0.2, 0) is 9.53 Å². The minimum Gasteiger partial charge on any atom is -0.480 e. The molecule has 1 aliphatic heterocycles. The van der Waals surface area contributed by atoms with Crippen molar-refractivity contribution in [3.05, 3.63) is 12.3 Å². The van der Waals surface area contributed by atoms with Crippen LogP contribution in [0.15, 0.2) is 12.3 Å². The second-order valence-corrected chi connectivity index (χ2v) is 4.70. The van der Waals surface area contributed by atoms with Crippen LogP contribution in [0.4, 0.5) is 4.79 Å². The van der Waals surface area contributed by atoms with Crippen LogP contribution in [0.3, 0.4) is 0 Å². The van der Waals surface area contributed by atoms with Gasteiger partial charge < -0.3 is 9.84 Å². The van der Waals surface area contributed by atoms with Crippen molar-refractivity contribution < 1.29 is 19.4 Å². The van der Waals surface area contributed by atoms with Crippen LogP contribution in [0.5, 0.6) is 0 Å². The van der Waals surface area contributed by atoms with E-state index in [9.17, 15) is 9.59 Å². The Bertz CT molecular complexity index is 316. The van der Waals surface area contributed by atoms with Gasteiger partial charge >= 0.3 is 12.1 Å². The van der Waals surface area contributed by atoms with Crippen LogP contribution in [0.25, 0.3) is 0 Å². The number of carboxylic acid groups (broad SMARTS) is 1. The molecule has 0 aromatic heterocycles. The van der Waals surface area contributed by atoms with Crippen molar-refractivity contribution in [1.82, 2.24) is 4.90 Å². The number of carbonyl (C=O) groups excluding carboxylic acids is 1. The van der Waals surface area contributed by atoms with Crippen LogP contribution < -0.4 is 0 Å². The van der Waals surface area contributed by atoms with E-state index < -0.39 is 23.7 Å². The quantitative estimate of drug-likeness (QED) is 0.743. The van der Waals surface area contributed by atoms with Crippen molar-refractivity contribution in [3.8, 4) is 0 Å². The highest BCUT2D eigenvalue weighted by molar-refractivity contribution is 5.81. The monoisotopic (exact) mass is 227 g/mol. The minimum absolute atomic E-state index is 0.422. The molecular formula is C11H17NO4. The number of hydrogen-bond donors (Lipinski definition) is 1. The van der Waals surface area contributed by atoms with E-state index >= 15 is 0 Å². The molecule has 1 rings (SSSR count). The molecule has 0 unspecified atom stereocenters. The summed E-state index contributed by atoms with van der Waals surface area (Å²) in [5, 5.41) is 8.97. The lowest BCUT2D eigenvalue weighted by molar-refractivity contribution is -0.142. The molecule has 1 heterocycles. The summed E-state index contributed by atoms with van der Waals surface area (Å²) in [5.74, 6) is -1.00. The Hall–Kier alpha value is -1.52. The fourth-order valence-electron chi connectivity index (χ4n) is 1.43. The first-order valence-electron chi connectivity index (χ1n) is 5.22. The number of carboxylic acids is 1. The van der Waals surface area contributed by atoms with E-state index in [0.29, 0.717) is 12.8 Å². The van der Waals surface area contributed by atoms with Gasteiger partial charge in [0.25, 0.3) is 0 Å². The maximum Gasteiger partial charge on any atom is 0.415 e. The summed E-state index contributed by atoms with van der Waals surface area (Å²) in [6.07, 6.45) is 3.72. The third-order valence-electron chi connectivity index (χ3n) is 2.10. The third-order valence-corrected chi connectivity index (χ3v) is 2.10. The molecular weight excluding hydrogens is 210 g/mol. The van der Waals surface area contributed by atoms with E-state index in [4.69, 9.17) is 9.84 Å². The van der Waals surface area contributed by atoms with E-state index in [-0.39, 0.29) is 0 Å². The van der Waals surface area contributed by atoms with Crippen molar-refractivity contribution in [2.24, 2.45) is 0 Å². The van der Waals surface area contributed by atoms with Gasteiger partial charge in [0, 0.05) is 6.20 Å². The van der Waals surface area contributed by atoms with Gasteiger partial charge in [-0.25, -0.2) is 9.59 Å². The number of ether oxygens (including phenoxy) is 1. The summed E-state index contributed by atoms with van der Waals surface area (Å²) in [5.41, 5.74) is -0.620. The Labute approximate surface area is 94.7 Å². The van der Waals surface area contributed by atoms with E-state index in [2.05, 4.69) is 0 Å². The topological polar surface area (TPSA) is 66.8 Å². The molecule has 0 saturated heterocycles. The summed E-state index contributed by atoms with van der Waals surface area (Å²) in [4.78, 5) is 23.8. The number of allylic oxidation sites excluding steroid dienone is 1. The van der Waals surface area contributed by atoms with Crippen LogP contribution in [-0.4, -0.2) is 33.7 Å². The summed E-state index contributed by atoms with van der Waals surface area (Å²) >= 11 is 0. The number of carbonyl (C=O) groups is 2. The zero-order chi connectivity index (χ0) is 12.3. The molecule has 0 aromatic carbocycles. The summed E-state index contributed by atoms with van der Waals surface area (Å²) in [6.45, 7) is 5.23. The van der Waals surface area contributed by atoms with Gasteiger partial charge in [-0.15, -0.1) is 0 Å². The largest absolute Gasteiger partial charge is 0.480 e. The van der Waals surface area contributed by atoms with Crippen LogP contribution in [0.1, 0.15) is 33.6 Å². The molecule has 90 valence electrons. The van der Waals surface area contributed by atoms with E-state index in [1.165, 1.54) is 6.20 Å². The SMILES string of the molecule is CC(C)(C)OC(=O)N1C=CCC[C@@H]1C(=O)O. The minimum atomic E-state index is -1.00. The first-order chi connectivity index (χ1) is 7.31. The first kappa shape index (κ1) is 12.5. The van der Waals surface area contributed by atoms with E-state index in [1.807, 2.05) is 0 Å². The zero-order valence-electron chi connectivity index (χ0n) is 9.77. The zero-order valence-corrected chi connectivity index (χ0v) is 9.77. The fourth-order valence-corrected chi connectivity index (χ4v) is 1.43. The predicted octanol–water partition coefficient (Wildman–Crippen LogP) is 1.98. The predicted molar refractivity (Wildman–Crippen MR) is 57.9 cm³/mol. The van der Waals surface area contributed by atoms with Crippen LogP contribution in [0.2, 0.25) is 0 Å². The van der Waals surface area contributed by atoms with Crippen molar-refractivity contribution in [2.75, 3.05) is 0 Å². The molecule has 0 fully saturated rings. The second kappa shape index (κ2) is 4.55. The van der Waals surface area contributed by atoms with Gasteiger partial charge in [0.05, 0.1) is 0 Å². The molecule has 0 radical (unpaired) electrons. The lowest BCUT2D eigenvalue weighted by atomic mass is 10.1. The average Bonchev–Trinajstić information content (AvgIpc) is 2.15. The number of amides is 1. The molecule has 0 bridgehead atoms. The molecule has 0 saturated carbocycles. The molecule has 0 spiro atoms. The van der Waals surface area contributed by atoms with E-state index in [0.717, 1.165) is 4.90 Å². The van der Waals surface area contributed by atoms with Gasteiger partial charge in [0.2, 0.25) is 0 Å². The molecule has 1 N–H and O–H groups in total. The van der Waals surface area contributed by atoms with Gasteiger partial charge in [0.15, 0.2) is 0 Å². The summed E-state index contributed by atoms with van der Waals surface area (Å²) in [7, 11) is 0. The smallest absolute Gasteiger partial charge is 0.415 e. The van der Waals surface area contributed by atoms with Crippen molar-refractivity contribution in [1.29, 1.82) is 0 Å². The Morgan fingerprint density at radius 2 is 2.06 bits per heavy atom. The molecule has 1 aliphatic rings. The molecule has 0 aromatic rings. The van der Waals surface area contributed by atoms with Gasteiger partial charge in [-0.3, -0.25) is 4.90 Å². The fraction of sp³-hybridized carbons (Fsp3) is 0.636. The Morgan fingerprint density at radius 1 is 1.44 bits per heavy atom. The number of hydrogen-bond acceptors (Lipinski definition) is 3. The standard InChI is InChI=1S/C11H17NO4/c1-11(2,3)16-10(15)12-7-5-4-6-8(12)9(13)14/h5,7-8H,4,6H2,1-3H3,(H,13,14)/t8-/m1/s1. The molecule has 0 aliphatic carbocycles.